The van der Waals surface area contributed by atoms with E-state index in [2.05, 4.69) is 63.2 Å². The van der Waals surface area contributed by atoms with Gasteiger partial charge in [-0.1, -0.05) is 141 Å². The van der Waals surface area contributed by atoms with Gasteiger partial charge in [0.05, 0.1) is 26.2 Å². The van der Waals surface area contributed by atoms with Gasteiger partial charge in [-0.25, -0.2) is 92.2 Å². The molecule has 4 amide bonds. The second-order valence-corrected chi connectivity index (χ2v) is 15.6. The van der Waals surface area contributed by atoms with Crippen LogP contribution in [0.5, 0.6) is 0 Å². The predicted octanol–water partition coefficient (Wildman–Crippen LogP) is 6.99. The monoisotopic (exact) mass is 987 g/mol. The first kappa shape index (κ1) is 67.7. The van der Waals surface area contributed by atoms with Crippen LogP contribution in [-0.4, -0.2) is 107 Å². The third-order valence-corrected chi connectivity index (χ3v) is 9.96. The summed E-state index contributed by atoms with van der Waals surface area (Å²) in [6, 6.07) is -1.38. The van der Waals surface area contributed by atoms with Crippen molar-refractivity contribution >= 4 is 48.5 Å². The van der Waals surface area contributed by atoms with Crippen LogP contribution in [0.4, 0.5) is 9.59 Å². The number of carbonyl (C=O) groups is 2. The Bertz CT molecular complexity index is 1930. The van der Waals surface area contributed by atoms with Crippen molar-refractivity contribution in [3.8, 4) is 0 Å². The number of hydrogen-bond acceptors (Lipinski definition) is 17. The fourth-order valence-corrected chi connectivity index (χ4v) is 6.14. The smallest absolute Gasteiger partial charge is 0.338 e. The van der Waals surface area contributed by atoms with Gasteiger partial charge in [0, 0.05) is 26.2 Å². The highest BCUT2D eigenvalue weighted by Crippen LogP contribution is 2.05. The summed E-state index contributed by atoms with van der Waals surface area (Å²) < 4.78 is 2.10. The van der Waals surface area contributed by atoms with Crippen LogP contribution >= 0.6 is 0 Å². The van der Waals surface area contributed by atoms with Gasteiger partial charge in [0.15, 0.2) is 0 Å². The fourth-order valence-electron chi connectivity index (χ4n) is 6.14. The van der Waals surface area contributed by atoms with Gasteiger partial charge >= 0.3 is 29.1 Å². The lowest BCUT2D eigenvalue weighted by Crippen LogP contribution is -2.53. The number of unbranched alkanes of at least 4 members (excludes halogenated alkanes) is 18. The highest BCUT2D eigenvalue weighted by molar-refractivity contribution is 5.93. The molecule has 0 aliphatic rings. The normalized spacial score (nSPS) is 9.54. The first-order valence-electron chi connectivity index (χ1n) is 24.7. The maximum absolute atomic E-state index is 12.6. The molecule has 0 bridgehead atoms. The van der Waals surface area contributed by atoms with Crippen LogP contribution in [0.25, 0.3) is 0 Å². The van der Waals surface area contributed by atoms with E-state index in [0.29, 0.717) is 82.3 Å². The van der Waals surface area contributed by atoms with Crippen molar-refractivity contribution in [1.29, 1.82) is 0 Å². The number of isocyanates is 6. The van der Waals surface area contributed by atoms with Gasteiger partial charge in [-0.2, -0.15) is 0 Å². The Hall–Kier alpha value is -6.57. The molecule has 2 N–H and O–H groups in total. The van der Waals surface area contributed by atoms with Crippen molar-refractivity contribution in [1.82, 2.24) is 29.5 Å². The molecule has 392 valence electrons. The van der Waals surface area contributed by atoms with E-state index in [1.165, 1.54) is 81.8 Å². The zero-order chi connectivity index (χ0) is 52.7. The molecule has 0 fully saturated rings. The fraction of sp³-hybridized carbons (Fsp3) is 0.766. The molecule has 0 aromatic carbocycles. The molecule has 23 heteroatoms. The molecule has 23 nitrogen and oxygen atoms in total. The van der Waals surface area contributed by atoms with Crippen LogP contribution in [0, 0.1) is 0 Å². The Kier molecular flexibility index (Phi) is 51.6. The maximum Gasteiger partial charge on any atom is 0.358 e. The summed E-state index contributed by atoms with van der Waals surface area (Å²) in [5.41, 5.74) is -0.780. The summed E-state index contributed by atoms with van der Waals surface area (Å²) in [6.07, 6.45) is 30.5. The molecule has 1 aromatic rings. The molecule has 0 saturated carbocycles. The predicted molar refractivity (Wildman–Crippen MR) is 265 cm³/mol. The molecule has 1 rings (SSSR count). The molecule has 70 heavy (non-hydrogen) atoms. The van der Waals surface area contributed by atoms with Crippen LogP contribution in [0.1, 0.15) is 182 Å². The Balaban J connectivity index is -0.00000104. The lowest BCUT2D eigenvalue weighted by atomic mass is 10.2. The number of nitrogens with zero attached hydrogens (tertiary/aromatic N) is 10. The van der Waals surface area contributed by atoms with E-state index in [4.69, 9.17) is 0 Å². The quantitative estimate of drug-likeness (QED) is 0.0299. The summed E-state index contributed by atoms with van der Waals surface area (Å²) in [4.78, 5) is 137. The molecule has 0 saturated heterocycles. The number of aromatic nitrogens is 3. The third kappa shape index (κ3) is 39.4. The van der Waals surface area contributed by atoms with Gasteiger partial charge < -0.3 is 5.32 Å². The number of hydrazone groups is 1. The van der Waals surface area contributed by atoms with Crippen molar-refractivity contribution in [2.24, 2.45) is 30.2 Å². The Morgan fingerprint density at radius 3 is 1.17 bits per heavy atom. The number of carbonyl (C=O) groups excluding carboxylic acids is 8. The number of rotatable bonds is 36. The minimum atomic E-state index is -0.984. The number of nitrogens with one attached hydrogen (secondary N) is 2. The summed E-state index contributed by atoms with van der Waals surface area (Å²) in [5.74, 6) is 0. The maximum atomic E-state index is 12.6. The highest BCUT2D eigenvalue weighted by Gasteiger charge is 2.20. The molecule has 0 atom stereocenters. The first-order chi connectivity index (χ1) is 34.1. The van der Waals surface area contributed by atoms with Gasteiger partial charge in [-0.3, -0.25) is 0 Å². The molecular weight excluding hydrogens is 909 g/mol. The van der Waals surface area contributed by atoms with Crippen LogP contribution in [-0.2, 0) is 41.9 Å². The van der Waals surface area contributed by atoms with Crippen molar-refractivity contribution in [2.75, 3.05) is 39.3 Å². The van der Waals surface area contributed by atoms with Gasteiger partial charge in [-0.15, -0.1) is 4.68 Å². The molecule has 0 spiro atoms. The van der Waals surface area contributed by atoms with E-state index >= 15 is 0 Å². The SMILES string of the molecule is CCCCCC.CCCCCC.O=C=NCCCCCCNC(=O)N(CCCCCCN=C=O)C(=O)NN=C=O.O=C=NCCCCCCn1c(=O)n(CCCCCCN=C=O)c(=O)n(N=C=O)c1=O. The largest absolute Gasteiger partial charge is 0.358 e. The Morgan fingerprint density at radius 1 is 0.443 bits per heavy atom. The van der Waals surface area contributed by atoms with Gasteiger partial charge in [-0.05, 0) is 51.4 Å². The van der Waals surface area contributed by atoms with E-state index in [1.54, 1.807) is 0 Å². The van der Waals surface area contributed by atoms with E-state index in [9.17, 15) is 52.7 Å². The number of amides is 4. The van der Waals surface area contributed by atoms with Crippen LogP contribution in [0.2, 0.25) is 0 Å². The van der Waals surface area contributed by atoms with E-state index < -0.39 is 29.1 Å². The highest BCUT2D eigenvalue weighted by atomic mass is 16.2. The number of aliphatic imine (C=N–C) groups is 4. The lowest BCUT2D eigenvalue weighted by molar-refractivity contribution is 0.184. The molecular formula is C47H78N12O11. The minimum Gasteiger partial charge on any atom is -0.338 e. The van der Waals surface area contributed by atoms with E-state index in [-0.39, 0.29) is 19.6 Å². The van der Waals surface area contributed by atoms with Gasteiger partial charge in [0.25, 0.3) is 12.2 Å². The standard InChI is InChI=1S/C18H24N6O6.C17H26N6O5.2C6H14/c25-13-19-9-5-1-3-7-11-22-16(28)23(12-8-4-2-6-10-20-14-26)18(30)24(17(22)29)21-15-27;24-13-18-9-5-1-2-7-11-20-16(27)23(17(28)22-21-15-26)12-8-4-3-6-10-19-14-25;2*1-3-5-6-4-2/h1-12H2;1-12H2,(H,20,27)(H,22,28);2*3-6H2,1-2H3. The first-order valence-corrected chi connectivity index (χ1v) is 24.7. The average Bonchev–Trinajstić information content (AvgIpc) is 3.36. The number of hydrogen-bond donors (Lipinski definition) is 2. The van der Waals surface area contributed by atoms with Crippen LogP contribution in [0.3, 0.4) is 0 Å². The van der Waals surface area contributed by atoms with Crippen LogP contribution < -0.4 is 27.8 Å². The van der Waals surface area contributed by atoms with E-state index in [0.717, 1.165) is 77.9 Å². The van der Waals surface area contributed by atoms with E-state index in [1.807, 2.05) is 5.43 Å². The average molecular weight is 987 g/mol. The zero-order valence-electron chi connectivity index (χ0n) is 42.1. The molecule has 0 radical (unpaired) electrons. The topological polar surface area (TPSA) is 304 Å². The Labute approximate surface area is 411 Å². The van der Waals surface area contributed by atoms with Crippen molar-refractivity contribution < 1.29 is 38.4 Å². The molecule has 0 aliphatic heterocycles. The van der Waals surface area contributed by atoms with Crippen molar-refractivity contribution in [3.63, 3.8) is 0 Å². The second kappa shape index (κ2) is 53.4. The second-order valence-electron chi connectivity index (χ2n) is 15.6. The van der Waals surface area contributed by atoms with Crippen molar-refractivity contribution in [3.05, 3.63) is 31.5 Å². The summed E-state index contributed by atoms with van der Waals surface area (Å²) in [6.45, 7) is 11.2. The zero-order valence-corrected chi connectivity index (χ0v) is 42.1. The van der Waals surface area contributed by atoms with Crippen LogP contribution in [0.15, 0.2) is 44.6 Å². The molecule has 1 aromatic heterocycles. The summed E-state index contributed by atoms with van der Waals surface area (Å²) in [7, 11) is 0. The molecule has 0 aliphatic carbocycles. The number of urea groups is 2. The van der Waals surface area contributed by atoms with Gasteiger partial charge in [0.1, 0.15) is 0 Å². The molecule has 1 heterocycles. The Morgan fingerprint density at radius 2 is 0.814 bits per heavy atom. The minimum absolute atomic E-state index is 0.0625. The van der Waals surface area contributed by atoms with Crippen molar-refractivity contribution in [2.45, 2.75) is 195 Å². The third-order valence-electron chi connectivity index (χ3n) is 9.96. The van der Waals surface area contributed by atoms with Gasteiger partial charge in [0.2, 0.25) is 24.3 Å². The number of imide groups is 1. The summed E-state index contributed by atoms with van der Waals surface area (Å²) in [5, 5.41) is 8.77. The summed E-state index contributed by atoms with van der Waals surface area (Å²) >= 11 is 0. The molecule has 0 unspecified atom stereocenters. The lowest BCUT2D eigenvalue weighted by Gasteiger charge is -2.20.